The van der Waals surface area contributed by atoms with Gasteiger partial charge in [-0.3, -0.25) is 0 Å². The molecule has 1 aromatic carbocycles. The number of benzene rings is 1. The molecule has 1 aromatic rings. The fourth-order valence-electron chi connectivity index (χ4n) is 3.06. The maximum atomic E-state index is 3.60. The smallest absolute Gasteiger partial charge is 0.0107 e. The Hall–Kier alpha value is -0.820. The Morgan fingerprint density at radius 2 is 2.12 bits per heavy atom. The van der Waals surface area contributed by atoms with E-state index in [4.69, 9.17) is 0 Å². The lowest BCUT2D eigenvalue weighted by atomic mass is 9.65. The maximum absolute atomic E-state index is 3.60. The van der Waals surface area contributed by atoms with Crippen LogP contribution >= 0.6 is 0 Å². The molecule has 0 aliphatic heterocycles. The van der Waals surface area contributed by atoms with Crippen molar-refractivity contribution in [2.24, 2.45) is 5.92 Å². The van der Waals surface area contributed by atoms with Gasteiger partial charge in [0.05, 0.1) is 0 Å². The molecular weight excluding hydrogens is 194 g/mol. The van der Waals surface area contributed by atoms with Gasteiger partial charge in [-0.05, 0) is 37.3 Å². The first-order chi connectivity index (χ1) is 7.76. The molecule has 0 heterocycles. The monoisotopic (exact) mass is 217 g/mol. The van der Waals surface area contributed by atoms with Crippen LogP contribution in [-0.4, -0.2) is 12.6 Å². The molecule has 16 heavy (non-hydrogen) atoms. The third-order valence-electron chi connectivity index (χ3n) is 3.95. The average Bonchev–Trinajstić information content (AvgIpc) is 2.24. The van der Waals surface area contributed by atoms with E-state index < -0.39 is 0 Å². The minimum absolute atomic E-state index is 0.750. The van der Waals surface area contributed by atoms with E-state index in [0.29, 0.717) is 0 Å². The summed E-state index contributed by atoms with van der Waals surface area (Å²) < 4.78 is 0. The van der Waals surface area contributed by atoms with Crippen LogP contribution in [0, 0.1) is 12.8 Å². The molecule has 3 unspecified atom stereocenters. The van der Waals surface area contributed by atoms with Crippen molar-refractivity contribution in [3.05, 3.63) is 35.4 Å². The van der Waals surface area contributed by atoms with E-state index in [2.05, 4.69) is 50.4 Å². The predicted molar refractivity (Wildman–Crippen MR) is 69.8 cm³/mol. The van der Waals surface area contributed by atoms with Crippen LogP contribution in [0.3, 0.4) is 0 Å². The van der Waals surface area contributed by atoms with Gasteiger partial charge in [-0.1, -0.05) is 50.1 Å². The molecule has 0 saturated heterocycles. The molecule has 1 nitrogen and oxygen atoms in total. The summed E-state index contributed by atoms with van der Waals surface area (Å²) in [6.07, 6.45) is 2.60. The van der Waals surface area contributed by atoms with Crippen LogP contribution < -0.4 is 5.32 Å². The Kier molecular flexibility index (Phi) is 3.65. The second kappa shape index (κ2) is 5.01. The van der Waals surface area contributed by atoms with E-state index in [-0.39, 0.29) is 0 Å². The molecule has 88 valence electrons. The summed E-state index contributed by atoms with van der Waals surface area (Å²) in [5.74, 6) is 1.62. The van der Waals surface area contributed by atoms with Crippen LogP contribution in [0.5, 0.6) is 0 Å². The molecule has 1 saturated carbocycles. The highest BCUT2D eigenvalue weighted by Crippen LogP contribution is 2.44. The Labute approximate surface area is 99.3 Å². The summed E-state index contributed by atoms with van der Waals surface area (Å²) >= 11 is 0. The van der Waals surface area contributed by atoms with E-state index in [1.165, 1.54) is 18.4 Å². The summed E-state index contributed by atoms with van der Waals surface area (Å²) in [5, 5.41) is 3.60. The topological polar surface area (TPSA) is 12.0 Å². The summed E-state index contributed by atoms with van der Waals surface area (Å²) in [5.41, 5.74) is 2.93. The van der Waals surface area contributed by atoms with Crippen molar-refractivity contribution in [3.8, 4) is 0 Å². The molecular formula is C15H23N. The van der Waals surface area contributed by atoms with Crippen LogP contribution in [0.2, 0.25) is 0 Å². The van der Waals surface area contributed by atoms with Crippen molar-refractivity contribution in [2.45, 2.75) is 45.6 Å². The minimum atomic E-state index is 0.750. The number of nitrogens with one attached hydrogen (secondary N) is 1. The molecule has 1 aliphatic carbocycles. The normalized spacial score (nSPS) is 28.8. The van der Waals surface area contributed by atoms with Crippen molar-refractivity contribution >= 4 is 0 Å². The SMILES string of the molecule is CCNC1CC(c2cccc(C)c2)C1CC. The number of rotatable bonds is 4. The molecule has 1 aliphatic rings. The lowest BCUT2D eigenvalue weighted by Gasteiger charge is -2.45. The molecule has 2 rings (SSSR count). The van der Waals surface area contributed by atoms with Crippen LogP contribution in [0.1, 0.15) is 43.7 Å². The van der Waals surface area contributed by atoms with Gasteiger partial charge in [-0.2, -0.15) is 0 Å². The molecule has 1 fully saturated rings. The molecule has 0 aromatic heterocycles. The average molecular weight is 217 g/mol. The van der Waals surface area contributed by atoms with Crippen LogP contribution in [-0.2, 0) is 0 Å². The molecule has 0 amide bonds. The van der Waals surface area contributed by atoms with Crippen molar-refractivity contribution in [1.29, 1.82) is 0 Å². The highest BCUT2D eigenvalue weighted by molar-refractivity contribution is 5.29. The van der Waals surface area contributed by atoms with E-state index in [0.717, 1.165) is 24.4 Å². The van der Waals surface area contributed by atoms with E-state index in [1.54, 1.807) is 5.56 Å². The van der Waals surface area contributed by atoms with Gasteiger partial charge in [0.25, 0.3) is 0 Å². The number of hydrogen-bond donors (Lipinski definition) is 1. The van der Waals surface area contributed by atoms with Gasteiger partial charge >= 0.3 is 0 Å². The zero-order chi connectivity index (χ0) is 11.5. The number of aryl methyl sites for hydroxylation is 1. The fraction of sp³-hybridized carbons (Fsp3) is 0.600. The van der Waals surface area contributed by atoms with Crippen LogP contribution in [0.15, 0.2) is 24.3 Å². The second-order valence-corrected chi connectivity index (χ2v) is 4.99. The van der Waals surface area contributed by atoms with Crippen molar-refractivity contribution in [1.82, 2.24) is 5.32 Å². The van der Waals surface area contributed by atoms with Crippen LogP contribution in [0.4, 0.5) is 0 Å². The Bertz CT molecular complexity index is 345. The van der Waals surface area contributed by atoms with Gasteiger partial charge < -0.3 is 5.32 Å². The highest BCUT2D eigenvalue weighted by atomic mass is 14.9. The van der Waals surface area contributed by atoms with Crippen molar-refractivity contribution < 1.29 is 0 Å². The fourth-order valence-corrected chi connectivity index (χ4v) is 3.06. The zero-order valence-corrected chi connectivity index (χ0v) is 10.7. The third-order valence-corrected chi connectivity index (χ3v) is 3.95. The zero-order valence-electron chi connectivity index (χ0n) is 10.7. The first-order valence-corrected chi connectivity index (χ1v) is 6.56. The summed E-state index contributed by atoms with van der Waals surface area (Å²) in [4.78, 5) is 0. The van der Waals surface area contributed by atoms with Gasteiger partial charge in [0, 0.05) is 6.04 Å². The quantitative estimate of drug-likeness (QED) is 0.814. The van der Waals surface area contributed by atoms with Gasteiger partial charge in [-0.25, -0.2) is 0 Å². The molecule has 1 N–H and O–H groups in total. The van der Waals surface area contributed by atoms with Crippen molar-refractivity contribution in [2.75, 3.05) is 6.54 Å². The van der Waals surface area contributed by atoms with E-state index >= 15 is 0 Å². The summed E-state index contributed by atoms with van der Waals surface area (Å²) in [7, 11) is 0. The van der Waals surface area contributed by atoms with Gasteiger partial charge in [0.15, 0.2) is 0 Å². The standard InChI is InChI=1S/C15H23N/c1-4-13-14(10-15(13)16-5-2)12-8-6-7-11(3)9-12/h6-9,13-16H,4-5,10H2,1-3H3. The largest absolute Gasteiger partial charge is 0.314 e. The summed E-state index contributed by atoms with van der Waals surface area (Å²) in [6, 6.07) is 9.78. The molecule has 3 atom stereocenters. The Balaban J connectivity index is 2.07. The molecule has 0 bridgehead atoms. The first-order valence-electron chi connectivity index (χ1n) is 6.56. The van der Waals surface area contributed by atoms with Gasteiger partial charge in [-0.15, -0.1) is 0 Å². The Morgan fingerprint density at radius 1 is 1.31 bits per heavy atom. The highest BCUT2D eigenvalue weighted by Gasteiger charge is 2.39. The second-order valence-electron chi connectivity index (χ2n) is 4.99. The van der Waals surface area contributed by atoms with Gasteiger partial charge in [0.2, 0.25) is 0 Å². The molecule has 0 radical (unpaired) electrons. The Morgan fingerprint density at radius 3 is 2.75 bits per heavy atom. The molecule has 0 spiro atoms. The minimum Gasteiger partial charge on any atom is -0.314 e. The van der Waals surface area contributed by atoms with Crippen LogP contribution in [0.25, 0.3) is 0 Å². The molecule has 1 heteroatoms. The van der Waals surface area contributed by atoms with Gasteiger partial charge in [0.1, 0.15) is 0 Å². The number of hydrogen-bond acceptors (Lipinski definition) is 1. The predicted octanol–water partition coefficient (Wildman–Crippen LogP) is 3.49. The van der Waals surface area contributed by atoms with E-state index in [9.17, 15) is 0 Å². The lowest BCUT2D eigenvalue weighted by Crippen LogP contribution is -2.48. The first kappa shape index (κ1) is 11.7. The third kappa shape index (κ3) is 2.15. The maximum Gasteiger partial charge on any atom is 0.0107 e. The van der Waals surface area contributed by atoms with E-state index in [1.807, 2.05) is 0 Å². The van der Waals surface area contributed by atoms with Crippen molar-refractivity contribution in [3.63, 3.8) is 0 Å². The lowest BCUT2D eigenvalue weighted by molar-refractivity contribution is 0.163. The summed E-state index contributed by atoms with van der Waals surface area (Å²) in [6.45, 7) is 7.80.